The Morgan fingerprint density at radius 2 is 2.00 bits per heavy atom. The lowest BCUT2D eigenvalue weighted by Crippen LogP contribution is -2.35. The Morgan fingerprint density at radius 1 is 1.45 bits per heavy atom. The zero-order valence-electron chi connectivity index (χ0n) is 6.38. The third-order valence-corrected chi connectivity index (χ3v) is 2.08. The van der Waals surface area contributed by atoms with Crippen LogP contribution in [0, 0.1) is 16.7 Å². The van der Waals surface area contributed by atoms with Gasteiger partial charge < -0.3 is 10.5 Å². The molecule has 2 N–H and O–H groups in total. The van der Waals surface area contributed by atoms with Crippen LogP contribution in [0.15, 0.2) is 0 Å². The van der Waals surface area contributed by atoms with Crippen LogP contribution in [0.4, 0.5) is 0 Å². The molecule has 1 fully saturated rings. The molecule has 4 heteroatoms. The van der Waals surface area contributed by atoms with E-state index in [1.165, 1.54) is 0 Å². The highest BCUT2D eigenvalue weighted by Crippen LogP contribution is 2.27. The van der Waals surface area contributed by atoms with Crippen molar-refractivity contribution in [1.29, 1.82) is 5.26 Å². The first kappa shape index (κ1) is 10.7. The molecule has 0 aromatic heterocycles. The van der Waals surface area contributed by atoms with Gasteiger partial charge in [0, 0.05) is 19.8 Å². The van der Waals surface area contributed by atoms with Gasteiger partial charge in [-0.15, -0.1) is 12.4 Å². The van der Waals surface area contributed by atoms with Crippen LogP contribution in [0.25, 0.3) is 0 Å². The molecule has 0 amide bonds. The number of nitrogens with zero attached hydrogens (tertiary/aromatic N) is 1. The van der Waals surface area contributed by atoms with Crippen molar-refractivity contribution in [2.24, 2.45) is 11.1 Å². The van der Waals surface area contributed by atoms with Crippen molar-refractivity contribution >= 4 is 12.4 Å². The highest BCUT2D eigenvalue weighted by atomic mass is 35.5. The van der Waals surface area contributed by atoms with E-state index in [9.17, 15) is 0 Å². The average molecular weight is 177 g/mol. The summed E-state index contributed by atoms with van der Waals surface area (Å²) in [5.41, 5.74) is 5.19. The fraction of sp³-hybridized carbons (Fsp3) is 0.857. The van der Waals surface area contributed by atoms with Crippen LogP contribution in [-0.4, -0.2) is 19.8 Å². The summed E-state index contributed by atoms with van der Waals surface area (Å²) in [7, 11) is 0. The Kier molecular flexibility index (Phi) is 4.43. The van der Waals surface area contributed by atoms with Crippen molar-refractivity contribution in [3.05, 3.63) is 0 Å². The number of ether oxygens (including phenoxy) is 1. The summed E-state index contributed by atoms with van der Waals surface area (Å²) in [6.45, 7) is 1.84. The Morgan fingerprint density at radius 3 is 2.27 bits per heavy atom. The molecule has 1 heterocycles. The lowest BCUT2D eigenvalue weighted by atomic mass is 9.82. The quantitative estimate of drug-likeness (QED) is 0.640. The maximum Gasteiger partial charge on any atom is 0.0739 e. The van der Waals surface area contributed by atoms with E-state index in [0.717, 1.165) is 12.8 Å². The maximum atomic E-state index is 8.76. The van der Waals surface area contributed by atoms with E-state index in [0.29, 0.717) is 19.8 Å². The minimum absolute atomic E-state index is 0. The SMILES string of the molecule is Cl.N#CC1(CN)CCOCC1. The summed E-state index contributed by atoms with van der Waals surface area (Å²) in [5.74, 6) is 0. The minimum atomic E-state index is -0.280. The zero-order valence-corrected chi connectivity index (χ0v) is 7.19. The molecular formula is C7H13ClN2O. The van der Waals surface area contributed by atoms with Gasteiger partial charge in [0.05, 0.1) is 11.5 Å². The van der Waals surface area contributed by atoms with Crippen LogP contribution in [0.2, 0.25) is 0 Å². The van der Waals surface area contributed by atoms with Crippen LogP contribution in [0.5, 0.6) is 0 Å². The Hall–Kier alpha value is -0.300. The van der Waals surface area contributed by atoms with Crippen LogP contribution < -0.4 is 5.73 Å². The van der Waals surface area contributed by atoms with Crippen molar-refractivity contribution in [3.8, 4) is 6.07 Å². The normalized spacial score (nSPS) is 21.5. The van der Waals surface area contributed by atoms with Gasteiger partial charge in [0.15, 0.2) is 0 Å². The molecule has 0 saturated carbocycles. The zero-order chi connectivity index (χ0) is 7.45. The third-order valence-electron chi connectivity index (χ3n) is 2.08. The van der Waals surface area contributed by atoms with Gasteiger partial charge in [0.1, 0.15) is 0 Å². The first-order valence-electron chi connectivity index (χ1n) is 3.52. The summed E-state index contributed by atoms with van der Waals surface area (Å²) in [4.78, 5) is 0. The monoisotopic (exact) mass is 176 g/mol. The van der Waals surface area contributed by atoms with Gasteiger partial charge in [0.25, 0.3) is 0 Å². The molecule has 0 radical (unpaired) electrons. The largest absolute Gasteiger partial charge is 0.381 e. The van der Waals surface area contributed by atoms with E-state index in [1.807, 2.05) is 0 Å². The molecule has 1 aliphatic heterocycles. The standard InChI is InChI=1S/C7H12N2O.ClH/c8-5-7(6-9)1-3-10-4-2-7;/h1-5,8H2;1H. The summed E-state index contributed by atoms with van der Waals surface area (Å²) in [6, 6.07) is 2.26. The molecule has 0 spiro atoms. The van der Waals surface area contributed by atoms with E-state index in [1.54, 1.807) is 0 Å². The molecule has 1 aliphatic rings. The predicted molar refractivity (Wildman–Crippen MR) is 44.4 cm³/mol. The fourth-order valence-corrected chi connectivity index (χ4v) is 1.12. The second kappa shape index (κ2) is 4.55. The first-order chi connectivity index (χ1) is 4.83. The summed E-state index contributed by atoms with van der Waals surface area (Å²) in [5, 5.41) is 8.76. The van der Waals surface area contributed by atoms with E-state index >= 15 is 0 Å². The summed E-state index contributed by atoms with van der Waals surface area (Å²) < 4.78 is 5.12. The highest BCUT2D eigenvalue weighted by Gasteiger charge is 2.30. The number of hydrogen-bond acceptors (Lipinski definition) is 3. The van der Waals surface area contributed by atoms with Gasteiger partial charge in [-0.05, 0) is 12.8 Å². The number of hydrogen-bond donors (Lipinski definition) is 1. The molecule has 0 aliphatic carbocycles. The number of nitrogens with two attached hydrogens (primary N) is 1. The molecule has 1 saturated heterocycles. The summed E-state index contributed by atoms with van der Waals surface area (Å²) >= 11 is 0. The van der Waals surface area contributed by atoms with Crippen molar-refractivity contribution in [3.63, 3.8) is 0 Å². The molecule has 0 atom stereocenters. The van der Waals surface area contributed by atoms with E-state index in [2.05, 4.69) is 6.07 Å². The second-order valence-electron chi connectivity index (χ2n) is 2.71. The molecular weight excluding hydrogens is 164 g/mol. The topological polar surface area (TPSA) is 59.0 Å². The predicted octanol–water partition coefficient (Wildman–Crippen LogP) is 0.687. The van der Waals surface area contributed by atoms with Gasteiger partial charge in [-0.25, -0.2) is 0 Å². The van der Waals surface area contributed by atoms with Gasteiger partial charge >= 0.3 is 0 Å². The Labute approximate surface area is 72.9 Å². The molecule has 3 nitrogen and oxygen atoms in total. The average Bonchev–Trinajstić information content (AvgIpc) is 2.06. The van der Waals surface area contributed by atoms with Gasteiger partial charge in [-0.1, -0.05) is 0 Å². The van der Waals surface area contributed by atoms with E-state index in [-0.39, 0.29) is 17.8 Å². The van der Waals surface area contributed by atoms with Crippen molar-refractivity contribution in [2.75, 3.05) is 19.8 Å². The van der Waals surface area contributed by atoms with E-state index < -0.39 is 0 Å². The van der Waals surface area contributed by atoms with Gasteiger partial charge in [-0.2, -0.15) is 5.26 Å². The first-order valence-corrected chi connectivity index (χ1v) is 3.52. The highest BCUT2D eigenvalue weighted by molar-refractivity contribution is 5.85. The number of rotatable bonds is 1. The summed E-state index contributed by atoms with van der Waals surface area (Å²) in [6.07, 6.45) is 1.58. The molecule has 0 aromatic rings. The number of halogens is 1. The van der Waals surface area contributed by atoms with E-state index in [4.69, 9.17) is 15.7 Å². The fourth-order valence-electron chi connectivity index (χ4n) is 1.12. The second-order valence-corrected chi connectivity index (χ2v) is 2.71. The molecule has 0 bridgehead atoms. The number of nitriles is 1. The molecule has 1 rings (SSSR count). The molecule has 64 valence electrons. The van der Waals surface area contributed by atoms with Gasteiger partial charge in [-0.3, -0.25) is 0 Å². The lowest BCUT2D eigenvalue weighted by Gasteiger charge is -2.28. The maximum absolute atomic E-state index is 8.76. The van der Waals surface area contributed by atoms with Crippen molar-refractivity contribution in [1.82, 2.24) is 0 Å². The molecule has 11 heavy (non-hydrogen) atoms. The molecule has 0 unspecified atom stereocenters. The van der Waals surface area contributed by atoms with Crippen LogP contribution in [0.1, 0.15) is 12.8 Å². The van der Waals surface area contributed by atoms with Crippen molar-refractivity contribution in [2.45, 2.75) is 12.8 Å². The van der Waals surface area contributed by atoms with Gasteiger partial charge in [0.2, 0.25) is 0 Å². The minimum Gasteiger partial charge on any atom is -0.381 e. The van der Waals surface area contributed by atoms with Crippen LogP contribution in [-0.2, 0) is 4.74 Å². The molecule has 0 aromatic carbocycles. The lowest BCUT2D eigenvalue weighted by molar-refractivity contribution is 0.0440. The van der Waals surface area contributed by atoms with Crippen LogP contribution >= 0.6 is 12.4 Å². The van der Waals surface area contributed by atoms with Crippen LogP contribution in [0.3, 0.4) is 0 Å². The van der Waals surface area contributed by atoms with Crippen molar-refractivity contribution < 1.29 is 4.74 Å². The smallest absolute Gasteiger partial charge is 0.0739 e. The Balaban J connectivity index is 0.000001000. The Bertz CT molecular complexity index is 149. The third kappa shape index (κ3) is 2.33.